The maximum Gasteiger partial charge on any atom is 0.212 e. The summed E-state index contributed by atoms with van der Waals surface area (Å²) in [6.45, 7) is -0.484. The number of nitro groups is 1. The predicted molar refractivity (Wildman–Crippen MR) is 104 cm³/mol. The zero-order valence-corrected chi connectivity index (χ0v) is 15.2. The number of rotatable bonds is 8. The average Bonchev–Trinajstić information content (AvgIpc) is 3.23. The van der Waals surface area contributed by atoms with Crippen LogP contribution in [0, 0.1) is 16.0 Å². The lowest BCUT2D eigenvalue weighted by molar-refractivity contribution is -0.483. The molecule has 0 N–H and O–H groups in total. The van der Waals surface area contributed by atoms with E-state index in [2.05, 4.69) is 0 Å². The van der Waals surface area contributed by atoms with Crippen LogP contribution in [-0.2, 0) is 0 Å². The third-order valence-electron chi connectivity index (χ3n) is 4.34. The molecule has 5 nitrogen and oxygen atoms in total. The van der Waals surface area contributed by atoms with Crippen LogP contribution in [0.5, 0.6) is 0 Å². The Morgan fingerprint density at radius 2 is 1.37 bits per heavy atom. The molecule has 0 saturated carbocycles. The van der Waals surface area contributed by atoms with Gasteiger partial charge in [-0.25, -0.2) is 0 Å². The summed E-state index contributed by atoms with van der Waals surface area (Å²) >= 11 is 1.32. The van der Waals surface area contributed by atoms with Crippen molar-refractivity contribution < 1.29 is 14.5 Å². The average molecular weight is 379 g/mol. The molecule has 0 saturated heterocycles. The molecule has 6 heteroatoms. The van der Waals surface area contributed by atoms with Crippen LogP contribution in [0.25, 0.3) is 0 Å². The minimum absolute atomic E-state index is 0.372. The van der Waals surface area contributed by atoms with Crippen molar-refractivity contribution in [2.45, 2.75) is 5.92 Å². The lowest BCUT2D eigenvalue weighted by atomic mass is 9.79. The van der Waals surface area contributed by atoms with Crippen molar-refractivity contribution in [2.24, 2.45) is 5.92 Å². The smallest absolute Gasteiger partial charge is 0.212 e. The number of carbonyl (C=O) groups excluding carboxylic acids is 2. The number of ketones is 2. The lowest BCUT2D eigenvalue weighted by Crippen LogP contribution is -2.34. The molecular weight excluding hydrogens is 362 g/mol. The first-order valence-corrected chi connectivity index (χ1v) is 9.29. The van der Waals surface area contributed by atoms with Crippen LogP contribution in [0.2, 0.25) is 0 Å². The SMILES string of the molecule is O=C(c1ccccc1)C(C(=O)c1ccccc1)C(C[N+](=O)[O-])c1cccs1. The number of carbonyl (C=O) groups is 2. The van der Waals surface area contributed by atoms with E-state index in [-0.39, 0.29) is 0 Å². The van der Waals surface area contributed by atoms with Gasteiger partial charge in [0.05, 0.1) is 11.8 Å². The Morgan fingerprint density at radius 1 is 0.852 bits per heavy atom. The second-order valence-electron chi connectivity index (χ2n) is 6.08. The van der Waals surface area contributed by atoms with E-state index < -0.39 is 34.9 Å². The normalized spacial score (nSPS) is 11.9. The van der Waals surface area contributed by atoms with E-state index in [9.17, 15) is 19.7 Å². The summed E-state index contributed by atoms with van der Waals surface area (Å²) in [6.07, 6.45) is 0. The van der Waals surface area contributed by atoms with Gasteiger partial charge in [-0.05, 0) is 11.4 Å². The van der Waals surface area contributed by atoms with Gasteiger partial charge in [0.2, 0.25) is 6.54 Å². The van der Waals surface area contributed by atoms with Gasteiger partial charge in [-0.1, -0.05) is 66.7 Å². The van der Waals surface area contributed by atoms with Crippen molar-refractivity contribution >= 4 is 22.9 Å². The Labute approximate surface area is 160 Å². The van der Waals surface area contributed by atoms with Crippen molar-refractivity contribution in [3.8, 4) is 0 Å². The van der Waals surface area contributed by atoms with Crippen LogP contribution in [0.1, 0.15) is 31.5 Å². The van der Waals surface area contributed by atoms with Crippen LogP contribution in [0.3, 0.4) is 0 Å². The van der Waals surface area contributed by atoms with Gasteiger partial charge in [0.1, 0.15) is 0 Å². The van der Waals surface area contributed by atoms with Crippen LogP contribution < -0.4 is 0 Å². The summed E-state index contributed by atoms with van der Waals surface area (Å²) in [5, 5.41) is 13.1. The van der Waals surface area contributed by atoms with Gasteiger partial charge in [-0.3, -0.25) is 19.7 Å². The van der Waals surface area contributed by atoms with E-state index in [1.54, 1.807) is 78.2 Å². The van der Waals surface area contributed by atoms with Gasteiger partial charge in [0.25, 0.3) is 0 Å². The third-order valence-corrected chi connectivity index (χ3v) is 5.34. The quantitative estimate of drug-likeness (QED) is 0.250. The molecule has 2 aromatic carbocycles. The number of thiophene rings is 1. The number of nitrogens with zero attached hydrogens (tertiary/aromatic N) is 1. The highest BCUT2D eigenvalue weighted by Crippen LogP contribution is 2.33. The Balaban J connectivity index is 2.09. The summed E-state index contributed by atoms with van der Waals surface area (Å²) < 4.78 is 0. The molecule has 0 spiro atoms. The molecule has 0 aliphatic rings. The number of hydrogen-bond acceptors (Lipinski definition) is 5. The summed E-state index contributed by atoms with van der Waals surface area (Å²) in [6, 6.07) is 20.4. The largest absolute Gasteiger partial charge is 0.293 e. The van der Waals surface area contributed by atoms with Gasteiger partial charge in [-0.2, -0.15) is 0 Å². The van der Waals surface area contributed by atoms with E-state index in [1.807, 2.05) is 0 Å². The minimum Gasteiger partial charge on any atom is -0.293 e. The highest BCUT2D eigenvalue weighted by Gasteiger charge is 2.40. The van der Waals surface area contributed by atoms with Crippen molar-refractivity contribution in [3.05, 3.63) is 104 Å². The molecule has 0 fully saturated rings. The first-order chi connectivity index (χ1) is 13.1. The van der Waals surface area contributed by atoms with Gasteiger partial charge in [-0.15, -0.1) is 11.3 Å². The van der Waals surface area contributed by atoms with E-state index in [1.165, 1.54) is 11.3 Å². The summed E-state index contributed by atoms with van der Waals surface area (Å²) in [4.78, 5) is 38.0. The van der Waals surface area contributed by atoms with E-state index in [0.717, 1.165) is 0 Å². The fourth-order valence-electron chi connectivity index (χ4n) is 3.07. The molecule has 0 radical (unpaired) electrons. The van der Waals surface area contributed by atoms with Crippen LogP contribution >= 0.6 is 11.3 Å². The molecule has 1 heterocycles. The van der Waals surface area contributed by atoms with E-state index in [0.29, 0.717) is 16.0 Å². The maximum atomic E-state index is 13.2. The molecule has 0 aliphatic carbocycles. The van der Waals surface area contributed by atoms with Crippen LogP contribution in [0.15, 0.2) is 78.2 Å². The van der Waals surface area contributed by atoms with Gasteiger partial charge < -0.3 is 0 Å². The maximum absolute atomic E-state index is 13.2. The van der Waals surface area contributed by atoms with E-state index in [4.69, 9.17) is 0 Å². The van der Waals surface area contributed by atoms with Crippen molar-refractivity contribution in [1.29, 1.82) is 0 Å². The number of benzene rings is 2. The molecular formula is C21H17NO4S. The Bertz CT molecular complexity index is 872. The van der Waals surface area contributed by atoms with Gasteiger partial charge in [0, 0.05) is 20.9 Å². The highest BCUT2D eigenvalue weighted by molar-refractivity contribution is 7.10. The standard InChI is InChI=1S/C21H17NO4S/c23-20(15-8-3-1-4-9-15)19(21(24)16-10-5-2-6-11-16)17(14-22(25)26)18-12-7-13-27-18/h1-13,17,19H,14H2. The second kappa shape index (κ2) is 8.51. The number of Topliss-reactive ketones (excluding diaryl/α,β-unsaturated/α-hetero) is 2. The van der Waals surface area contributed by atoms with Crippen molar-refractivity contribution in [1.82, 2.24) is 0 Å². The fraction of sp³-hybridized carbons (Fsp3) is 0.143. The molecule has 3 aromatic rings. The first kappa shape index (κ1) is 18.7. The zero-order valence-electron chi connectivity index (χ0n) is 14.4. The van der Waals surface area contributed by atoms with E-state index >= 15 is 0 Å². The Kier molecular flexibility index (Phi) is 5.88. The zero-order chi connectivity index (χ0) is 19.2. The second-order valence-corrected chi connectivity index (χ2v) is 7.05. The monoisotopic (exact) mass is 379 g/mol. The lowest BCUT2D eigenvalue weighted by Gasteiger charge is -2.22. The highest BCUT2D eigenvalue weighted by atomic mass is 32.1. The molecule has 3 rings (SSSR count). The van der Waals surface area contributed by atoms with Gasteiger partial charge >= 0.3 is 0 Å². The topological polar surface area (TPSA) is 77.3 Å². The van der Waals surface area contributed by atoms with Crippen molar-refractivity contribution in [3.63, 3.8) is 0 Å². The Hall–Kier alpha value is -3.12. The Morgan fingerprint density at radius 3 is 1.78 bits per heavy atom. The summed E-state index contributed by atoms with van der Waals surface area (Å²) in [7, 11) is 0. The summed E-state index contributed by atoms with van der Waals surface area (Å²) in [5.41, 5.74) is 0.744. The molecule has 0 bridgehead atoms. The van der Waals surface area contributed by atoms with Gasteiger partial charge in [0.15, 0.2) is 11.6 Å². The third kappa shape index (κ3) is 4.35. The molecule has 1 unspecified atom stereocenters. The van der Waals surface area contributed by atoms with Crippen molar-refractivity contribution in [2.75, 3.05) is 6.54 Å². The first-order valence-electron chi connectivity index (χ1n) is 8.41. The summed E-state index contributed by atoms with van der Waals surface area (Å²) in [5.74, 6) is -2.77. The molecule has 27 heavy (non-hydrogen) atoms. The minimum atomic E-state index is -1.15. The van der Waals surface area contributed by atoms with Crippen LogP contribution in [-0.4, -0.2) is 23.0 Å². The predicted octanol–water partition coefficient (Wildman–Crippen LogP) is 4.49. The molecule has 136 valence electrons. The molecule has 1 aromatic heterocycles. The molecule has 1 atom stereocenters. The van der Waals surface area contributed by atoms with Crippen LogP contribution in [0.4, 0.5) is 0 Å². The molecule has 0 aliphatic heterocycles. The fourth-order valence-corrected chi connectivity index (χ4v) is 3.93. The molecule has 0 amide bonds. The number of hydrogen-bond donors (Lipinski definition) is 0.